The molecule has 0 atom stereocenters. The van der Waals surface area contributed by atoms with Crippen LogP contribution in [0.2, 0.25) is 10.0 Å². The summed E-state index contributed by atoms with van der Waals surface area (Å²) < 4.78 is 39.2. The van der Waals surface area contributed by atoms with Gasteiger partial charge in [-0.1, -0.05) is 35.3 Å². The van der Waals surface area contributed by atoms with Crippen LogP contribution in [0.5, 0.6) is 0 Å². The van der Waals surface area contributed by atoms with Crippen molar-refractivity contribution in [2.45, 2.75) is 6.18 Å². The van der Waals surface area contributed by atoms with E-state index < -0.39 is 11.7 Å². The maximum absolute atomic E-state index is 13.1. The Labute approximate surface area is 150 Å². The van der Waals surface area contributed by atoms with Crippen LogP contribution in [0.3, 0.4) is 0 Å². The van der Waals surface area contributed by atoms with E-state index in [2.05, 4.69) is 15.2 Å². The Hall–Kier alpha value is -2.38. The highest BCUT2D eigenvalue weighted by Gasteiger charge is 2.31. The zero-order valence-corrected chi connectivity index (χ0v) is 13.9. The summed E-state index contributed by atoms with van der Waals surface area (Å²) in [5.41, 5.74) is 5.72. The van der Waals surface area contributed by atoms with E-state index in [0.717, 1.165) is 12.1 Å². The Morgan fingerprint density at radius 1 is 0.840 bits per heavy atom. The van der Waals surface area contributed by atoms with Crippen molar-refractivity contribution in [3.63, 3.8) is 0 Å². The predicted molar refractivity (Wildman–Crippen MR) is 90.1 cm³/mol. The average molecular weight is 385 g/mol. The van der Waals surface area contributed by atoms with Crippen molar-refractivity contribution in [2.75, 3.05) is 5.73 Å². The second-order valence-corrected chi connectivity index (χ2v) is 5.98. The molecule has 3 rings (SSSR count). The van der Waals surface area contributed by atoms with Gasteiger partial charge in [0.15, 0.2) is 0 Å². The molecule has 0 aliphatic carbocycles. The SMILES string of the molecule is Nc1nnc(-c2cc(Cl)cc(C(F)(F)F)c2)c(-c2cccc(Cl)c2)n1. The molecule has 9 heteroatoms. The number of benzene rings is 2. The number of aromatic nitrogens is 3. The zero-order valence-electron chi connectivity index (χ0n) is 12.4. The topological polar surface area (TPSA) is 64.7 Å². The first-order valence-corrected chi connectivity index (χ1v) is 7.64. The first-order valence-electron chi connectivity index (χ1n) is 6.88. The molecular formula is C16H9Cl2F3N4. The molecule has 2 aromatic carbocycles. The second-order valence-electron chi connectivity index (χ2n) is 5.10. The number of nitrogens with zero attached hydrogens (tertiary/aromatic N) is 3. The standard InChI is InChI=1S/C16H9Cl2F3N4/c17-11-3-1-2-8(5-11)13-14(24-25-15(22)23-13)9-4-10(16(19,20)21)7-12(18)6-9/h1-7H,(H2,22,23,25). The molecule has 1 heterocycles. The highest BCUT2D eigenvalue weighted by atomic mass is 35.5. The Morgan fingerprint density at radius 2 is 1.56 bits per heavy atom. The smallest absolute Gasteiger partial charge is 0.366 e. The quantitative estimate of drug-likeness (QED) is 0.666. The minimum absolute atomic E-state index is 0.0829. The van der Waals surface area contributed by atoms with E-state index >= 15 is 0 Å². The fourth-order valence-electron chi connectivity index (χ4n) is 2.26. The van der Waals surface area contributed by atoms with E-state index in [-0.39, 0.29) is 27.9 Å². The van der Waals surface area contributed by atoms with Gasteiger partial charge in [-0.05, 0) is 30.3 Å². The van der Waals surface area contributed by atoms with Gasteiger partial charge < -0.3 is 5.73 Å². The molecule has 0 unspecified atom stereocenters. The molecule has 0 radical (unpaired) electrons. The van der Waals surface area contributed by atoms with Crippen molar-refractivity contribution < 1.29 is 13.2 Å². The van der Waals surface area contributed by atoms with Crippen LogP contribution in [0.4, 0.5) is 19.1 Å². The number of hydrogen-bond acceptors (Lipinski definition) is 4. The zero-order chi connectivity index (χ0) is 18.2. The first kappa shape index (κ1) is 17.4. The lowest BCUT2D eigenvalue weighted by atomic mass is 10.0. The summed E-state index contributed by atoms with van der Waals surface area (Å²) in [6, 6.07) is 9.75. The summed E-state index contributed by atoms with van der Waals surface area (Å²) in [6.45, 7) is 0. The van der Waals surface area contributed by atoms with E-state index in [1.165, 1.54) is 6.07 Å². The molecule has 25 heavy (non-hydrogen) atoms. The van der Waals surface area contributed by atoms with Gasteiger partial charge in [0.1, 0.15) is 11.4 Å². The van der Waals surface area contributed by atoms with Crippen LogP contribution in [0.25, 0.3) is 22.5 Å². The number of nitrogens with two attached hydrogens (primary N) is 1. The van der Waals surface area contributed by atoms with Crippen LogP contribution in [-0.4, -0.2) is 15.2 Å². The van der Waals surface area contributed by atoms with E-state index in [9.17, 15) is 13.2 Å². The summed E-state index contributed by atoms with van der Waals surface area (Å²) in [7, 11) is 0. The third-order valence-corrected chi connectivity index (χ3v) is 3.75. The normalized spacial score (nSPS) is 11.6. The highest BCUT2D eigenvalue weighted by molar-refractivity contribution is 6.31. The van der Waals surface area contributed by atoms with Crippen molar-refractivity contribution in [3.8, 4) is 22.5 Å². The van der Waals surface area contributed by atoms with E-state index in [4.69, 9.17) is 28.9 Å². The number of rotatable bonds is 2. The van der Waals surface area contributed by atoms with Gasteiger partial charge in [0.05, 0.1) is 5.56 Å². The number of nitrogen functional groups attached to an aromatic ring is 1. The minimum atomic E-state index is -4.55. The van der Waals surface area contributed by atoms with E-state index in [1.54, 1.807) is 24.3 Å². The number of hydrogen-bond donors (Lipinski definition) is 1. The van der Waals surface area contributed by atoms with Gasteiger partial charge in [-0.15, -0.1) is 10.2 Å². The van der Waals surface area contributed by atoms with Crippen molar-refractivity contribution in [2.24, 2.45) is 0 Å². The van der Waals surface area contributed by atoms with Gasteiger partial charge in [0.2, 0.25) is 5.95 Å². The van der Waals surface area contributed by atoms with Crippen molar-refractivity contribution >= 4 is 29.2 Å². The highest BCUT2D eigenvalue weighted by Crippen LogP contribution is 2.37. The maximum Gasteiger partial charge on any atom is 0.416 e. The largest absolute Gasteiger partial charge is 0.416 e. The molecule has 0 fully saturated rings. The van der Waals surface area contributed by atoms with Crippen LogP contribution in [0.15, 0.2) is 42.5 Å². The van der Waals surface area contributed by atoms with Crippen LogP contribution >= 0.6 is 23.2 Å². The molecule has 2 N–H and O–H groups in total. The summed E-state index contributed by atoms with van der Waals surface area (Å²) >= 11 is 11.8. The molecule has 128 valence electrons. The average Bonchev–Trinajstić information content (AvgIpc) is 2.53. The molecule has 3 aromatic rings. The fourth-order valence-corrected chi connectivity index (χ4v) is 2.69. The maximum atomic E-state index is 13.1. The monoisotopic (exact) mass is 384 g/mol. The molecule has 1 aromatic heterocycles. The lowest BCUT2D eigenvalue weighted by Gasteiger charge is -2.12. The fraction of sp³-hybridized carbons (Fsp3) is 0.0625. The Balaban J connectivity index is 2.24. The second kappa shape index (κ2) is 6.50. The first-order chi connectivity index (χ1) is 11.7. The van der Waals surface area contributed by atoms with Crippen LogP contribution < -0.4 is 5.73 Å². The van der Waals surface area contributed by atoms with Crippen LogP contribution in [0, 0.1) is 0 Å². The molecule has 0 spiro atoms. The molecular weight excluding hydrogens is 376 g/mol. The Morgan fingerprint density at radius 3 is 2.24 bits per heavy atom. The summed E-state index contributed by atoms with van der Waals surface area (Å²) in [5, 5.41) is 7.91. The Kier molecular flexibility index (Phi) is 4.53. The molecule has 0 bridgehead atoms. The van der Waals surface area contributed by atoms with Crippen molar-refractivity contribution in [3.05, 3.63) is 58.1 Å². The molecule has 0 amide bonds. The number of alkyl halides is 3. The van der Waals surface area contributed by atoms with Gasteiger partial charge in [-0.25, -0.2) is 4.98 Å². The summed E-state index contributed by atoms with van der Waals surface area (Å²) in [4.78, 5) is 4.10. The number of anilines is 1. The summed E-state index contributed by atoms with van der Waals surface area (Å²) in [6.07, 6.45) is -4.55. The molecule has 0 aliphatic heterocycles. The van der Waals surface area contributed by atoms with Gasteiger partial charge in [0, 0.05) is 21.2 Å². The molecule has 0 aliphatic rings. The van der Waals surface area contributed by atoms with Gasteiger partial charge in [-0.2, -0.15) is 13.2 Å². The third-order valence-electron chi connectivity index (χ3n) is 3.30. The Bertz CT molecular complexity index is 945. The van der Waals surface area contributed by atoms with Crippen LogP contribution in [-0.2, 0) is 6.18 Å². The van der Waals surface area contributed by atoms with Crippen LogP contribution in [0.1, 0.15) is 5.56 Å². The molecule has 4 nitrogen and oxygen atoms in total. The summed E-state index contributed by atoms with van der Waals surface area (Å²) in [5.74, 6) is -0.114. The van der Waals surface area contributed by atoms with Gasteiger partial charge in [-0.3, -0.25) is 0 Å². The van der Waals surface area contributed by atoms with Gasteiger partial charge in [0.25, 0.3) is 0 Å². The predicted octanol–water partition coefficient (Wildman–Crippen LogP) is 5.11. The lowest BCUT2D eigenvalue weighted by Crippen LogP contribution is -2.06. The molecule has 0 saturated carbocycles. The third kappa shape index (κ3) is 3.83. The number of halogens is 5. The van der Waals surface area contributed by atoms with Crippen molar-refractivity contribution in [1.29, 1.82) is 0 Å². The van der Waals surface area contributed by atoms with E-state index in [1.807, 2.05) is 0 Å². The van der Waals surface area contributed by atoms with Gasteiger partial charge >= 0.3 is 6.18 Å². The lowest BCUT2D eigenvalue weighted by molar-refractivity contribution is -0.137. The molecule has 0 saturated heterocycles. The van der Waals surface area contributed by atoms with E-state index in [0.29, 0.717) is 10.6 Å². The van der Waals surface area contributed by atoms with Crippen molar-refractivity contribution in [1.82, 2.24) is 15.2 Å². The minimum Gasteiger partial charge on any atom is -0.366 e.